The van der Waals surface area contributed by atoms with E-state index in [1.807, 2.05) is 57.2 Å². The summed E-state index contributed by atoms with van der Waals surface area (Å²) in [6, 6.07) is 43.4. The highest BCUT2D eigenvalue weighted by molar-refractivity contribution is 5.90. The van der Waals surface area contributed by atoms with E-state index in [1.54, 1.807) is 13.2 Å². The molecule has 2 bridgehead atoms. The third-order valence-electron chi connectivity index (χ3n) is 14.7. The number of fused-ring (bicyclic) bond motifs is 11. The number of ether oxygens (including phenoxy) is 4. The fraction of sp³-hybridized carbons (Fsp3) is 0.361. The Balaban J connectivity index is 1.14. The van der Waals surface area contributed by atoms with Crippen LogP contribution in [-0.2, 0) is 43.1 Å². The van der Waals surface area contributed by atoms with Gasteiger partial charge in [-0.05, 0) is 130 Å². The molecule has 0 saturated heterocycles. The Hall–Kier alpha value is -6.55. The molecule has 0 amide bonds. The first-order chi connectivity index (χ1) is 34.0. The predicted octanol–water partition coefficient (Wildman–Crippen LogP) is 12.0. The summed E-state index contributed by atoms with van der Waals surface area (Å²) >= 11 is 0. The third kappa shape index (κ3) is 10.8. The minimum atomic E-state index is -1.21. The molecule has 0 unspecified atom stereocenters. The Morgan fingerprint density at radius 1 is 0.800 bits per heavy atom. The topological polar surface area (TPSA) is 122 Å². The molecule has 10 rings (SSSR count). The smallest absolute Gasteiger partial charge is 0.339 e. The van der Waals surface area contributed by atoms with Gasteiger partial charge in [-0.25, -0.2) is 9.59 Å². The number of rotatable bonds is 12. The number of aliphatic hydroxyl groups is 1. The number of hydrogen-bond donors (Lipinski definition) is 1. The van der Waals surface area contributed by atoms with Gasteiger partial charge in [-0.2, -0.15) is 0 Å². The molecule has 4 aliphatic rings. The quantitative estimate of drug-likeness (QED) is 0.0553. The minimum absolute atomic E-state index is 0.0581. The van der Waals surface area contributed by atoms with Crippen LogP contribution in [0.3, 0.4) is 0 Å². The summed E-state index contributed by atoms with van der Waals surface area (Å²) in [4.78, 5) is 44.0. The van der Waals surface area contributed by atoms with Crippen molar-refractivity contribution in [3.8, 4) is 5.75 Å². The van der Waals surface area contributed by atoms with E-state index in [1.165, 1.54) is 16.7 Å². The fourth-order valence-electron chi connectivity index (χ4n) is 11.0. The number of carbonyl (C=O) groups excluding carboxylic acids is 2. The third-order valence-corrected chi connectivity index (χ3v) is 14.7. The maximum Gasteiger partial charge on any atom is 0.339 e. The van der Waals surface area contributed by atoms with Crippen molar-refractivity contribution < 1.29 is 38.1 Å². The largest absolute Gasteiger partial charge is 0.483 e. The zero-order chi connectivity index (χ0) is 48.8. The molecule has 9 heteroatoms. The normalized spacial score (nSPS) is 22.8. The van der Waals surface area contributed by atoms with Crippen LogP contribution in [0.4, 0.5) is 0 Å². The van der Waals surface area contributed by atoms with Gasteiger partial charge in [-0.15, -0.1) is 0 Å². The van der Waals surface area contributed by atoms with Crippen molar-refractivity contribution in [3.63, 3.8) is 0 Å². The van der Waals surface area contributed by atoms with Crippen LogP contribution in [0.15, 0.2) is 160 Å². The molecule has 1 aromatic heterocycles. The lowest BCUT2D eigenvalue weighted by Gasteiger charge is -2.45. The molecule has 9 nitrogen and oxygen atoms in total. The lowest BCUT2D eigenvalue weighted by molar-refractivity contribution is -0.192. The summed E-state index contributed by atoms with van der Waals surface area (Å²) < 4.78 is 32.3. The number of carbonyl (C=O) groups is 2. The van der Waals surface area contributed by atoms with E-state index >= 15 is 4.79 Å². The fourth-order valence-corrected chi connectivity index (χ4v) is 11.0. The molecular weight excluding hydrogens is 877 g/mol. The van der Waals surface area contributed by atoms with Crippen LogP contribution < -0.4 is 10.4 Å². The average Bonchev–Trinajstić information content (AvgIpc) is 3.35. The Kier molecular flexibility index (Phi) is 15.0. The molecular formula is C61H64O9. The van der Waals surface area contributed by atoms with Crippen LogP contribution >= 0.6 is 0 Å². The molecule has 0 saturated carbocycles. The first-order valence-corrected chi connectivity index (χ1v) is 24.9. The number of esters is 2. The molecule has 1 N–H and O–H groups in total. The van der Waals surface area contributed by atoms with E-state index in [9.17, 15) is 14.7 Å². The summed E-state index contributed by atoms with van der Waals surface area (Å²) in [5.74, 6) is -1.17. The molecule has 3 aliphatic heterocycles. The monoisotopic (exact) mass is 940 g/mol. The van der Waals surface area contributed by atoms with Gasteiger partial charge in [0.25, 0.3) is 0 Å². The molecule has 0 spiro atoms. The van der Waals surface area contributed by atoms with Crippen molar-refractivity contribution in [1.82, 2.24) is 0 Å². The van der Waals surface area contributed by atoms with Gasteiger partial charge in [0.2, 0.25) is 0 Å². The second-order valence-corrected chi connectivity index (χ2v) is 19.9. The summed E-state index contributed by atoms with van der Waals surface area (Å²) in [6.07, 6.45) is 7.04. The Bertz CT molecular complexity index is 2910. The second kappa shape index (κ2) is 21.6. The van der Waals surface area contributed by atoms with Gasteiger partial charge in [0, 0.05) is 54.4 Å². The van der Waals surface area contributed by atoms with E-state index in [-0.39, 0.29) is 43.0 Å². The molecule has 7 atom stereocenters. The van der Waals surface area contributed by atoms with Crippen LogP contribution in [0.5, 0.6) is 5.75 Å². The van der Waals surface area contributed by atoms with Gasteiger partial charge in [-0.3, -0.25) is 4.79 Å². The molecule has 362 valence electrons. The number of aryl methyl sites for hydroxylation is 2. The van der Waals surface area contributed by atoms with Crippen LogP contribution in [0.1, 0.15) is 128 Å². The maximum absolute atomic E-state index is 15.1. The zero-order valence-electron chi connectivity index (χ0n) is 40.7. The summed E-state index contributed by atoms with van der Waals surface area (Å²) in [7, 11) is 1.55. The van der Waals surface area contributed by atoms with Gasteiger partial charge >= 0.3 is 17.6 Å². The standard InChI is InChI=1S/C61H64O9/c1-39(2)50-27-22-41-20-23-44(24-21-41)51-28-25-46(45-19-11-17-43(34-45)33-42-15-9-6-10-16-42)35-49(51)37-54(63)67-57-55-53(29-26-47-36-52(60(65)68-56(47)55)48(30-32-62)38-66-4)70-61(3,58(57)69-59(50)64)31-12-18-40-13-7-5-8-14-40/h5-11,13-17,19-21,23-26,28-29,34,36,46,48-49,51,57-58,62H,12,18,22,27,30-33,35,37-38H2,1-4H3/t46-,48-,49+,51+,57-,58+,61+/m1/s1. The molecule has 0 fully saturated rings. The van der Waals surface area contributed by atoms with Crippen molar-refractivity contribution in [1.29, 1.82) is 0 Å². The first kappa shape index (κ1) is 48.5. The van der Waals surface area contributed by atoms with Gasteiger partial charge in [0.15, 0.2) is 12.2 Å². The maximum atomic E-state index is 15.1. The Labute approximate surface area is 411 Å². The molecule has 6 aromatic rings. The molecule has 4 heterocycles. The summed E-state index contributed by atoms with van der Waals surface area (Å²) in [5.41, 5.74) is 7.49. The van der Waals surface area contributed by atoms with Gasteiger partial charge < -0.3 is 28.5 Å². The second-order valence-electron chi connectivity index (χ2n) is 19.9. The molecule has 1 aliphatic carbocycles. The van der Waals surface area contributed by atoms with Crippen molar-refractivity contribution >= 4 is 22.9 Å². The first-order valence-electron chi connectivity index (χ1n) is 24.9. The van der Waals surface area contributed by atoms with E-state index in [0.717, 1.165) is 35.1 Å². The van der Waals surface area contributed by atoms with E-state index in [2.05, 4.69) is 97.1 Å². The van der Waals surface area contributed by atoms with E-state index < -0.39 is 41.3 Å². The number of methoxy groups -OCH3 is 1. The van der Waals surface area contributed by atoms with Crippen LogP contribution in [-0.4, -0.2) is 49.1 Å². The molecule has 70 heavy (non-hydrogen) atoms. The average molecular weight is 941 g/mol. The van der Waals surface area contributed by atoms with Crippen molar-refractivity contribution in [3.05, 3.63) is 206 Å². The van der Waals surface area contributed by atoms with E-state index in [0.29, 0.717) is 66.4 Å². The Morgan fingerprint density at radius 3 is 2.27 bits per heavy atom. The van der Waals surface area contributed by atoms with Crippen LogP contribution in [0.25, 0.3) is 11.0 Å². The van der Waals surface area contributed by atoms with Crippen LogP contribution in [0, 0.1) is 5.92 Å². The Morgan fingerprint density at radius 2 is 1.54 bits per heavy atom. The number of hydrogen-bond acceptors (Lipinski definition) is 9. The van der Waals surface area contributed by atoms with Crippen molar-refractivity contribution in [2.45, 2.75) is 114 Å². The lowest BCUT2D eigenvalue weighted by Crippen LogP contribution is -2.54. The van der Waals surface area contributed by atoms with Gasteiger partial charge in [-0.1, -0.05) is 127 Å². The van der Waals surface area contributed by atoms with Crippen molar-refractivity contribution in [2.24, 2.45) is 5.92 Å². The highest BCUT2D eigenvalue weighted by atomic mass is 16.6. The highest BCUT2D eigenvalue weighted by Gasteiger charge is 2.53. The zero-order valence-corrected chi connectivity index (χ0v) is 40.7. The summed E-state index contributed by atoms with van der Waals surface area (Å²) in [6.45, 7) is 5.81. The number of aliphatic hydroxyl groups excluding tert-OH is 1. The molecule has 0 radical (unpaired) electrons. The van der Waals surface area contributed by atoms with Crippen LogP contribution in [0.2, 0.25) is 0 Å². The van der Waals surface area contributed by atoms with Gasteiger partial charge in [0.1, 0.15) is 16.9 Å². The predicted molar refractivity (Wildman–Crippen MR) is 272 cm³/mol. The lowest BCUT2D eigenvalue weighted by atomic mass is 9.72. The summed E-state index contributed by atoms with van der Waals surface area (Å²) in [5, 5.41) is 10.5. The highest BCUT2D eigenvalue weighted by Crippen LogP contribution is 2.50. The van der Waals surface area contributed by atoms with E-state index in [4.69, 9.17) is 23.4 Å². The number of benzene rings is 5. The van der Waals surface area contributed by atoms with Crippen molar-refractivity contribution in [2.75, 3.05) is 20.3 Å². The minimum Gasteiger partial charge on any atom is -0.483 e. The SMILES string of the molecule is COC[C@@H](CCO)c1cc2ccc3c(c2oc1=O)[C@H]1OC(=O)C[C@@H]2C[C@H](c4cccc(Cc5ccccc5)c4)C=C[C@H]2c2ccc(cc2)CCC(=C(C)C)C(=O)O[C@@H]1[C@](C)(CCCc1ccccc1)O3. The number of allylic oxidation sites excluding steroid dienone is 3. The van der Waals surface area contributed by atoms with Gasteiger partial charge in [0.05, 0.1) is 12.2 Å². The molecule has 5 aromatic carbocycles.